The lowest BCUT2D eigenvalue weighted by atomic mass is 9.49. The molecule has 0 saturated heterocycles. The van der Waals surface area contributed by atoms with Crippen molar-refractivity contribution < 1.29 is 53.1 Å². The van der Waals surface area contributed by atoms with Crippen LogP contribution in [-0.4, -0.2) is 99.3 Å². The third-order valence-electron chi connectivity index (χ3n) is 11.2. The Morgan fingerprint density at radius 1 is 0.873 bits per heavy atom. The Morgan fingerprint density at radius 2 is 1.54 bits per heavy atom. The van der Waals surface area contributed by atoms with E-state index in [9.17, 15) is 29.5 Å². The number of ether oxygens (including phenoxy) is 5. The second kappa shape index (κ2) is 21.3. The highest BCUT2D eigenvalue weighted by atomic mass is 35.5. The number of carboxylic acid groups (broad SMARTS) is 1. The van der Waals surface area contributed by atoms with Crippen molar-refractivity contribution in [2.75, 3.05) is 33.5 Å². The molecule has 0 radical (unpaired) electrons. The van der Waals surface area contributed by atoms with Crippen LogP contribution in [0.2, 0.25) is 5.02 Å². The van der Waals surface area contributed by atoms with Crippen LogP contribution >= 0.6 is 11.6 Å². The van der Waals surface area contributed by atoms with Gasteiger partial charge in [-0.2, -0.15) is 15.5 Å². The first-order valence-corrected chi connectivity index (χ1v) is 21.1. The van der Waals surface area contributed by atoms with Gasteiger partial charge in [0.05, 0.1) is 36.5 Å². The van der Waals surface area contributed by atoms with Gasteiger partial charge in [-0.3, -0.25) is 14.2 Å². The van der Waals surface area contributed by atoms with Crippen molar-refractivity contribution in [3.63, 3.8) is 0 Å². The lowest BCUT2D eigenvalue weighted by Crippen LogP contribution is -2.74. The highest BCUT2D eigenvalue weighted by molar-refractivity contribution is 6.32. The SMILES string of the molecule is COC(=O)c1ccc(O)cc1C(=O)OCCC[C@H](C)CCOCCCn1ccc(C(=O)NC2C(C)(C)C(Oc3cc(Cl)c(C#N)c(OCCCn4ccc(C(=O)O)n4)c3)C2(C)C)n1. The third kappa shape index (κ3) is 12.1. The molecule has 18 heteroatoms. The van der Waals surface area contributed by atoms with Crippen LogP contribution in [0.5, 0.6) is 17.2 Å². The molecule has 1 fully saturated rings. The molecule has 0 unspecified atom stereocenters. The standard InChI is InChI=1S/C45H55ClN6O11/c1-28(10-7-21-62-41(58)32-24-29(53)11-12-31(32)40(57)59-6)15-23-60-20-8-16-51-18-13-35(49-51)38(54)48-42-44(2,3)43(45(42,4)5)63-30-25-34(46)33(27-47)37(26-30)61-22-9-17-52-19-14-36(50-52)39(55)56/h11-14,18-19,24-26,28,42-43,53H,7-10,15-17,20-23H2,1-6H3,(H,48,54)(H,55,56)/t28-,42?,43?/m0/s1. The Bertz CT molecular complexity index is 2280. The number of carbonyl (C=O) groups is 4. The summed E-state index contributed by atoms with van der Waals surface area (Å²) in [6.45, 7) is 12.6. The number of aryl methyl sites for hydroxylation is 2. The number of esters is 2. The molecular weight excluding hydrogens is 836 g/mol. The molecule has 3 N–H and O–H groups in total. The summed E-state index contributed by atoms with van der Waals surface area (Å²) in [5.41, 5.74) is -0.606. The van der Waals surface area contributed by atoms with Crippen LogP contribution in [0.1, 0.15) is 114 Å². The van der Waals surface area contributed by atoms with Crippen LogP contribution in [0.4, 0.5) is 0 Å². The van der Waals surface area contributed by atoms with Crippen molar-refractivity contribution in [3.05, 3.63) is 88.0 Å². The monoisotopic (exact) mass is 890 g/mol. The van der Waals surface area contributed by atoms with Crippen LogP contribution in [0, 0.1) is 28.1 Å². The van der Waals surface area contributed by atoms with Gasteiger partial charge >= 0.3 is 17.9 Å². The lowest BCUT2D eigenvalue weighted by Gasteiger charge is -2.63. The molecule has 0 aliphatic heterocycles. The second-order valence-electron chi connectivity index (χ2n) is 16.7. The van der Waals surface area contributed by atoms with Crippen molar-refractivity contribution in [1.82, 2.24) is 24.9 Å². The molecule has 4 aromatic rings. The molecule has 2 aromatic carbocycles. The van der Waals surface area contributed by atoms with Crippen LogP contribution < -0.4 is 14.8 Å². The van der Waals surface area contributed by atoms with Gasteiger partial charge in [0, 0.05) is 74.1 Å². The van der Waals surface area contributed by atoms with Crippen LogP contribution in [0.3, 0.4) is 0 Å². The molecule has 1 aliphatic carbocycles. The first-order valence-electron chi connectivity index (χ1n) is 20.8. The highest BCUT2D eigenvalue weighted by Gasteiger charge is 2.64. The minimum absolute atomic E-state index is 0.0265. The summed E-state index contributed by atoms with van der Waals surface area (Å²) in [6.07, 6.45) is 6.45. The Morgan fingerprint density at radius 3 is 2.19 bits per heavy atom. The fourth-order valence-electron chi connectivity index (χ4n) is 8.13. The number of rotatable bonds is 23. The molecule has 2 aromatic heterocycles. The fraction of sp³-hybridized carbons (Fsp3) is 0.489. The van der Waals surface area contributed by atoms with E-state index in [1.165, 1.54) is 36.1 Å². The number of aromatic nitrogens is 4. The first kappa shape index (κ1) is 47.9. The summed E-state index contributed by atoms with van der Waals surface area (Å²) in [6, 6.07) is 11.9. The van der Waals surface area contributed by atoms with Gasteiger partial charge in [-0.1, -0.05) is 46.2 Å². The van der Waals surface area contributed by atoms with Gasteiger partial charge in [0.2, 0.25) is 0 Å². The van der Waals surface area contributed by atoms with E-state index in [2.05, 4.69) is 28.5 Å². The number of hydrogen-bond donors (Lipinski definition) is 3. The maximum absolute atomic E-state index is 13.4. The summed E-state index contributed by atoms with van der Waals surface area (Å²) in [5.74, 6) is -1.94. The highest BCUT2D eigenvalue weighted by Crippen LogP contribution is 2.56. The number of aromatic carboxylic acids is 1. The Balaban J connectivity index is 1.01. The van der Waals surface area contributed by atoms with E-state index in [1.54, 1.807) is 35.3 Å². The molecule has 1 atom stereocenters. The molecule has 5 rings (SSSR count). The maximum Gasteiger partial charge on any atom is 0.356 e. The first-order chi connectivity index (χ1) is 30.0. The number of phenols is 1. The molecule has 1 saturated carbocycles. The van der Waals surface area contributed by atoms with Gasteiger partial charge < -0.3 is 39.2 Å². The number of halogens is 1. The normalized spacial score (nSPS) is 16.5. The number of methoxy groups -OCH3 is 1. The van der Waals surface area contributed by atoms with Crippen LogP contribution in [0.25, 0.3) is 0 Å². The van der Waals surface area contributed by atoms with Crippen molar-refractivity contribution in [2.24, 2.45) is 16.7 Å². The van der Waals surface area contributed by atoms with Gasteiger partial charge in [-0.15, -0.1) is 0 Å². The molecular formula is C45H55ClN6O11. The predicted octanol–water partition coefficient (Wildman–Crippen LogP) is 6.95. The lowest BCUT2D eigenvalue weighted by molar-refractivity contribution is -0.164. The molecule has 17 nitrogen and oxygen atoms in total. The van der Waals surface area contributed by atoms with Gasteiger partial charge in [0.25, 0.3) is 5.91 Å². The zero-order chi connectivity index (χ0) is 45.9. The van der Waals surface area contributed by atoms with Gasteiger partial charge in [-0.25, -0.2) is 14.4 Å². The molecule has 338 valence electrons. The molecule has 1 amide bonds. The zero-order valence-corrected chi connectivity index (χ0v) is 37.1. The Labute approximate surface area is 371 Å². The summed E-state index contributed by atoms with van der Waals surface area (Å²) in [5, 5.41) is 40.5. The third-order valence-corrected chi connectivity index (χ3v) is 11.5. The average molecular weight is 891 g/mol. The number of nitrogens with one attached hydrogen (secondary N) is 1. The quantitative estimate of drug-likeness (QED) is 0.0506. The number of carbonyl (C=O) groups excluding carboxylic acids is 3. The number of aromatic hydroxyl groups is 1. The van der Waals surface area contributed by atoms with Crippen LogP contribution in [0.15, 0.2) is 54.9 Å². The summed E-state index contributed by atoms with van der Waals surface area (Å²) in [4.78, 5) is 49.1. The van der Waals surface area contributed by atoms with Crippen molar-refractivity contribution in [3.8, 4) is 23.3 Å². The molecule has 0 spiro atoms. The summed E-state index contributed by atoms with van der Waals surface area (Å²) >= 11 is 6.50. The van der Waals surface area contributed by atoms with E-state index in [4.69, 9.17) is 40.4 Å². The average Bonchev–Trinajstić information content (AvgIpc) is 3.93. The zero-order valence-electron chi connectivity index (χ0n) is 36.4. The molecule has 0 bridgehead atoms. The summed E-state index contributed by atoms with van der Waals surface area (Å²) < 4.78 is 31.6. The maximum atomic E-state index is 13.4. The smallest absolute Gasteiger partial charge is 0.356 e. The minimum atomic E-state index is -1.11. The number of hydrogen-bond acceptors (Lipinski definition) is 13. The van der Waals surface area contributed by atoms with E-state index in [-0.39, 0.29) is 70.2 Å². The summed E-state index contributed by atoms with van der Waals surface area (Å²) in [7, 11) is 1.21. The molecule has 1 aliphatic rings. The fourth-order valence-corrected chi connectivity index (χ4v) is 8.37. The van der Waals surface area contributed by atoms with Crippen LogP contribution in [-0.2, 0) is 27.3 Å². The number of amides is 1. The van der Waals surface area contributed by atoms with E-state index in [0.29, 0.717) is 62.9 Å². The Hall–Kier alpha value is -6.12. The predicted molar refractivity (Wildman–Crippen MR) is 229 cm³/mol. The number of phenolic OH excluding ortho intramolecular Hbond substituents is 1. The van der Waals surface area contributed by atoms with Gasteiger partial charge in [0.1, 0.15) is 40.7 Å². The van der Waals surface area contributed by atoms with E-state index in [0.717, 1.165) is 12.8 Å². The number of nitrogens with zero attached hydrogens (tertiary/aromatic N) is 5. The second-order valence-corrected chi connectivity index (χ2v) is 17.1. The number of carboxylic acids is 1. The topological polar surface area (TPSA) is 226 Å². The molecule has 63 heavy (non-hydrogen) atoms. The van der Waals surface area contributed by atoms with E-state index in [1.807, 2.05) is 27.7 Å². The Kier molecular flexibility index (Phi) is 16.2. The van der Waals surface area contributed by atoms with Crippen molar-refractivity contribution >= 4 is 35.4 Å². The van der Waals surface area contributed by atoms with Gasteiger partial charge in [0.15, 0.2) is 5.69 Å². The molecule has 2 heterocycles. The number of benzene rings is 2. The minimum Gasteiger partial charge on any atom is -0.508 e. The van der Waals surface area contributed by atoms with Crippen molar-refractivity contribution in [1.29, 1.82) is 5.26 Å². The van der Waals surface area contributed by atoms with Gasteiger partial charge in [-0.05, 0) is 61.9 Å². The largest absolute Gasteiger partial charge is 0.508 e. The van der Waals surface area contributed by atoms with Crippen molar-refractivity contribution in [2.45, 2.75) is 92.0 Å². The van der Waals surface area contributed by atoms with E-state index >= 15 is 0 Å². The number of nitriles is 1. The van der Waals surface area contributed by atoms with E-state index < -0.39 is 28.7 Å².